The number of thiophene rings is 1. The van der Waals surface area contributed by atoms with Crippen molar-refractivity contribution in [1.82, 2.24) is 10.6 Å². The Balaban J connectivity index is 1.77. The van der Waals surface area contributed by atoms with Gasteiger partial charge >= 0.3 is 6.61 Å². The maximum absolute atomic E-state index is 12.2. The molecule has 0 fully saturated rings. The van der Waals surface area contributed by atoms with Gasteiger partial charge in [-0.1, -0.05) is 18.2 Å². The number of rotatable bonds is 7. The Morgan fingerprint density at radius 1 is 1.04 bits per heavy atom. The third-order valence-electron chi connectivity index (χ3n) is 2.78. The fraction of sp³-hybridized carbons (Fsp3) is 0.200. The topological polar surface area (TPSA) is 67.4 Å². The molecule has 122 valence electrons. The summed E-state index contributed by atoms with van der Waals surface area (Å²) < 4.78 is 28.7. The maximum atomic E-state index is 12.2. The monoisotopic (exact) mass is 340 g/mol. The van der Waals surface area contributed by atoms with Crippen LogP contribution in [0.15, 0.2) is 41.8 Å². The Morgan fingerprint density at radius 2 is 1.70 bits per heavy atom. The van der Waals surface area contributed by atoms with Crippen molar-refractivity contribution in [2.24, 2.45) is 0 Å². The number of benzene rings is 1. The number of amides is 2. The van der Waals surface area contributed by atoms with Gasteiger partial charge in [0.15, 0.2) is 0 Å². The highest BCUT2D eigenvalue weighted by atomic mass is 32.1. The molecule has 2 amide bonds. The normalized spacial score (nSPS) is 10.4. The average Bonchev–Trinajstić information content (AvgIpc) is 2.99. The zero-order valence-corrected chi connectivity index (χ0v) is 12.7. The van der Waals surface area contributed by atoms with Crippen LogP contribution in [0, 0.1) is 0 Å². The molecule has 0 aliphatic rings. The summed E-state index contributed by atoms with van der Waals surface area (Å²) in [6.45, 7) is -2.60. The van der Waals surface area contributed by atoms with E-state index in [0.717, 1.165) is 11.3 Å². The fourth-order valence-corrected chi connectivity index (χ4v) is 2.51. The molecule has 0 saturated carbocycles. The first-order valence-corrected chi connectivity index (χ1v) is 7.59. The maximum Gasteiger partial charge on any atom is 0.387 e. The van der Waals surface area contributed by atoms with E-state index in [1.807, 2.05) is 0 Å². The molecule has 0 saturated heterocycles. The summed E-state index contributed by atoms with van der Waals surface area (Å²) in [6.07, 6.45) is 0. The lowest BCUT2D eigenvalue weighted by Crippen LogP contribution is -2.34. The first-order chi connectivity index (χ1) is 11.1. The largest absolute Gasteiger partial charge is 0.433 e. The van der Waals surface area contributed by atoms with E-state index in [0.29, 0.717) is 5.56 Å². The van der Waals surface area contributed by atoms with Crippen LogP contribution in [-0.4, -0.2) is 31.5 Å². The third kappa shape index (κ3) is 5.03. The van der Waals surface area contributed by atoms with Gasteiger partial charge in [0.25, 0.3) is 11.8 Å². The van der Waals surface area contributed by atoms with Crippen molar-refractivity contribution in [3.8, 4) is 5.75 Å². The van der Waals surface area contributed by atoms with E-state index < -0.39 is 12.5 Å². The quantitative estimate of drug-likeness (QED) is 0.761. The second kappa shape index (κ2) is 8.23. The van der Waals surface area contributed by atoms with E-state index in [1.54, 1.807) is 30.3 Å². The van der Waals surface area contributed by atoms with Gasteiger partial charge in [-0.05, 0) is 23.6 Å². The van der Waals surface area contributed by atoms with Gasteiger partial charge in [-0.25, -0.2) is 0 Å². The van der Waals surface area contributed by atoms with Crippen molar-refractivity contribution in [3.63, 3.8) is 0 Å². The van der Waals surface area contributed by atoms with Crippen molar-refractivity contribution in [3.05, 3.63) is 52.2 Å². The first kappa shape index (κ1) is 16.9. The van der Waals surface area contributed by atoms with Crippen LogP contribution in [-0.2, 0) is 0 Å². The van der Waals surface area contributed by atoms with Crippen molar-refractivity contribution in [2.45, 2.75) is 6.61 Å². The molecule has 5 nitrogen and oxygen atoms in total. The Labute approximate surface area is 135 Å². The zero-order valence-electron chi connectivity index (χ0n) is 11.9. The lowest BCUT2D eigenvalue weighted by atomic mass is 10.2. The molecular formula is C15H14F2N2O3S. The minimum Gasteiger partial charge on any atom is -0.433 e. The molecule has 8 heteroatoms. The summed E-state index contributed by atoms with van der Waals surface area (Å²) in [4.78, 5) is 23.7. The summed E-state index contributed by atoms with van der Waals surface area (Å²) >= 11 is 1.00. The Bertz CT molecular complexity index is 662. The van der Waals surface area contributed by atoms with Gasteiger partial charge in [0.2, 0.25) is 0 Å². The number of hydrogen-bond donors (Lipinski definition) is 2. The smallest absolute Gasteiger partial charge is 0.387 e. The minimum absolute atomic E-state index is 0.0692. The van der Waals surface area contributed by atoms with Crippen LogP contribution in [0.25, 0.3) is 0 Å². The van der Waals surface area contributed by atoms with E-state index in [4.69, 9.17) is 0 Å². The minimum atomic E-state index is -2.98. The van der Waals surface area contributed by atoms with Gasteiger partial charge in [-0.15, -0.1) is 11.3 Å². The second-order valence-corrected chi connectivity index (χ2v) is 5.29. The summed E-state index contributed by atoms with van der Waals surface area (Å²) in [5.74, 6) is -0.932. The van der Waals surface area contributed by atoms with Crippen LogP contribution in [0.2, 0.25) is 0 Å². The molecule has 0 unspecified atom stereocenters. The van der Waals surface area contributed by atoms with Crippen LogP contribution in [0.1, 0.15) is 20.0 Å². The van der Waals surface area contributed by atoms with Gasteiger partial charge in [-0.3, -0.25) is 9.59 Å². The summed E-state index contributed by atoms with van der Waals surface area (Å²) in [7, 11) is 0. The molecule has 0 radical (unpaired) electrons. The molecule has 0 bridgehead atoms. The number of carbonyl (C=O) groups is 2. The van der Waals surface area contributed by atoms with Gasteiger partial charge in [0.05, 0.1) is 0 Å². The van der Waals surface area contributed by atoms with E-state index in [2.05, 4.69) is 15.4 Å². The lowest BCUT2D eigenvalue weighted by Gasteiger charge is -2.08. The van der Waals surface area contributed by atoms with Gasteiger partial charge in [0.1, 0.15) is 10.6 Å². The van der Waals surface area contributed by atoms with Crippen LogP contribution < -0.4 is 15.4 Å². The van der Waals surface area contributed by atoms with Crippen LogP contribution in [0.3, 0.4) is 0 Å². The number of carbonyl (C=O) groups excluding carboxylic acids is 2. The molecule has 2 aromatic rings. The highest BCUT2D eigenvalue weighted by molar-refractivity contribution is 7.12. The van der Waals surface area contributed by atoms with Crippen LogP contribution in [0.4, 0.5) is 8.78 Å². The molecule has 0 spiro atoms. The van der Waals surface area contributed by atoms with Crippen LogP contribution in [0.5, 0.6) is 5.75 Å². The van der Waals surface area contributed by atoms with Crippen molar-refractivity contribution < 1.29 is 23.1 Å². The van der Waals surface area contributed by atoms with Gasteiger partial charge < -0.3 is 15.4 Å². The number of hydrogen-bond acceptors (Lipinski definition) is 4. The summed E-state index contributed by atoms with van der Waals surface area (Å²) in [5.41, 5.74) is 0.518. The van der Waals surface area contributed by atoms with Crippen molar-refractivity contribution in [1.29, 1.82) is 0 Å². The Kier molecular flexibility index (Phi) is 6.04. The second-order valence-electron chi connectivity index (χ2n) is 4.37. The number of ether oxygens (including phenoxy) is 1. The van der Waals surface area contributed by atoms with Gasteiger partial charge in [-0.2, -0.15) is 8.78 Å². The van der Waals surface area contributed by atoms with E-state index in [1.165, 1.54) is 11.4 Å². The molecule has 1 heterocycles. The SMILES string of the molecule is O=C(NCCNC(=O)c1sccc1OC(F)F)c1ccccc1. The third-order valence-corrected chi connectivity index (χ3v) is 3.68. The molecule has 0 aliphatic heterocycles. The molecule has 0 aliphatic carbocycles. The van der Waals surface area contributed by atoms with E-state index >= 15 is 0 Å². The summed E-state index contributed by atoms with van der Waals surface area (Å²) in [6, 6.07) is 9.96. The zero-order chi connectivity index (χ0) is 16.7. The standard InChI is InChI=1S/C15H14F2N2O3S/c16-15(17)22-11-6-9-23-12(11)14(21)19-8-7-18-13(20)10-4-2-1-3-5-10/h1-6,9,15H,7-8H2,(H,18,20)(H,19,21). The molecule has 2 rings (SSSR count). The Morgan fingerprint density at radius 3 is 2.35 bits per heavy atom. The lowest BCUT2D eigenvalue weighted by molar-refractivity contribution is -0.0498. The van der Waals surface area contributed by atoms with E-state index in [9.17, 15) is 18.4 Å². The average molecular weight is 340 g/mol. The van der Waals surface area contributed by atoms with Crippen molar-refractivity contribution in [2.75, 3.05) is 13.1 Å². The van der Waals surface area contributed by atoms with E-state index in [-0.39, 0.29) is 29.6 Å². The number of halogens is 2. The predicted molar refractivity (Wildman–Crippen MR) is 82.1 cm³/mol. The highest BCUT2D eigenvalue weighted by Gasteiger charge is 2.17. The van der Waals surface area contributed by atoms with Crippen molar-refractivity contribution >= 4 is 23.2 Å². The van der Waals surface area contributed by atoms with Crippen LogP contribution >= 0.6 is 11.3 Å². The highest BCUT2D eigenvalue weighted by Crippen LogP contribution is 2.26. The molecule has 0 atom stereocenters. The van der Waals surface area contributed by atoms with Gasteiger partial charge in [0, 0.05) is 18.7 Å². The molecular weight excluding hydrogens is 326 g/mol. The summed E-state index contributed by atoms with van der Waals surface area (Å²) in [5, 5.41) is 6.67. The number of nitrogens with one attached hydrogen (secondary N) is 2. The number of alkyl halides is 2. The molecule has 23 heavy (non-hydrogen) atoms. The molecule has 1 aromatic carbocycles. The predicted octanol–water partition coefficient (Wildman–Crippen LogP) is 2.51. The Hall–Kier alpha value is -2.48. The molecule has 1 aromatic heterocycles. The molecule has 2 N–H and O–H groups in total. The first-order valence-electron chi connectivity index (χ1n) is 6.71. The fourth-order valence-electron chi connectivity index (χ4n) is 1.78.